The van der Waals surface area contributed by atoms with Crippen molar-refractivity contribution >= 4 is 11.9 Å². The first-order chi connectivity index (χ1) is 17.0. The van der Waals surface area contributed by atoms with E-state index in [1.165, 1.54) is 0 Å². The molecule has 9 nitrogen and oxygen atoms in total. The van der Waals surface area contributed by atoms with Gasteiger partial charge in [-0.15, -0.1) is 0 Å². The Kier molecular flexibility index (Phi) is 9.32. The molecule has 3 aromatic rings. The summed E-state index contributed by atoms with van der Waals surface area (Å²) >= 11 is 0. The number of carbonyl (C=O) groups is 2. The fourth-order valence-corrected chi connectivity index (χ4v) is 3.22. The predicted molar refractivity (Wildman–Crippen MR) is 127 cm³/mol. The van der Waals surface area contributed by atoms with Crippen LogP contribution < -0.4 is 24.3 Å². The van der Waals surface area contributed by atoms with Gasteiger partial charge in [0.15, 0.2) is 23.0 Å². The number of aliphatic carboxylic acids is 2. The Morgan fingerprint density at radius 2 is 1.60 bits per heavy atom. The fraction of sp³-hybridized carbons (Fsp3) is 0.231. The first-order valence-corrected chi connectivity index (χ1v) is 10.9. The van der Waals surface area contributed by atoms with Crippen molar-refractivity contribution in [2.45, 2.75) is 19.3 Å². The molecular weight excluding hydrogens is 454 g/mol. The van der Waals surface area contributed by atoms with Gasteiger partial charge in [0.25, 0.3) is 0 Å². The van der Waals surface area contributed by atoms with Gasteiger partial charge in [-0.1, -0.05) is 48.5 Å². The van der Waals surface area contributed by atoms with E-state index in [-0.39, 0.29) is 6.10 Å². The van der Waals surface area contributed by atoms with E-state index in [9.17, 15) is 0 Å². The highest BCUT2D eigenvalue weighted by Gasteiger charge is 2.20. The molecule has 1 aliphatic heterocycles. The van der Waals surface area contributed by atoms with Gasteiger partial charge in [-0.2, -0.15) is 0 Å². The summed E-state index contributed by atoms with van der Waals surface area (Å²) in [7, 11) is 1.65. The van der Waals surface area contributed by atoms with E-state index in [1.807, 2.05) is 72.8 Å². The number of hydrogen-bond acceptors (Lipinski definition) is 7. The highest BCUT2D eigenvalue weighted by Crippen LogP contribution is 2.31. The summed E-state index contributed by atoms with van der Waals surface area (Å²) in [4.78, 5) is 18.2. The van der Waals surface area contributed by atoms with Gasteiger partial charge in [0, 0.05) is 13.1 Å². The quantitative estimate of drug-likeness (QED) is 0.416. The molecule has 4 rings (SSSR count). The molecule has 0 aromatic heterocycles. The van der Waals surface area contributed by atoms with Crippen LogP contribution in [-0.2, 0) is 22.7 Å². The number of fused-ring (bicyclic) bond motifs is 1. The summed E-state index contributed by atoms with van der Waals surface area (Å²) < 4.78 is 23.2. The molecule has 0 aliphatic carbocycles. The highest BCUT2D eigenvalue weighted by molar-refractivity contribution is 6.27. The van der Waals surface area contributed by atoms with Crippen LogP contribution in [0.3, 0.4) is 0 Å². The Morgan fingerprint density at radius 1 is 0.914 bits per heavy atom. The molecule has 1 aliphatic rings. The minimum Gasteiger partial charge on any atom is -0.493 e. The van der Waals surface area contributed by atoms with Crippen LogP contribution in [0.25, 0.3) is 0 Å². The molecule has 1 heterocycles. The molecule has 184 valence electrons. The average Bonchev–Trinajstić information content (AvgIpc) is 2.88. The second-order valence-corrected chi connectivity index (χ2v) is 7.50. The van der Waals surface area contributed by atoms with E-state index < -0.39 is 11.9 Å². The maximum absolute atomic E-state index is 9.10. The number of carboxylic acid groups (broad SMARTS) is 2. The highest BCUT2D eigenvalue weighted by atomic mass is 16.6. The van der Waals surface area contributed by atoms with Crippen LogP contribution in [0.4, 0.5) is 0 Å². The second-order valence-electron chi connectivity index (χ2n) is 7.50. The molecule has 0 fully saturated rings. The van der Waals surface area contributed by atoms with E-state index in [2.05, 4.69) is 5.32 Å². The Hall–Kier alpha value is -4.24. The molecule has 0 spiro atoms. The first kappa shape index (κ1) is 25.4. The van der Waals surface area contributed by atoms with Crippen LogP contribution in [0.15, 0.2) is 72.8 Å². The zero-order chi connectivity index (χ0) is 25.0. The van der Waals surface area contributed by atoms with Crippen molar-refractivity contribution in [3.63, 3.8) is 0 Å². The van der Waals surface area contributed by atoms with Crippen LogP contribution in [-0.4, -0.2) is 48.5 Å². The number of hydrogen-bond donors (Lipinski definition) is 3. The average molecular weight is 482 g/mol. The zero-order valence-corrected chi connectivity index (χ0v) is 19.2. The lowest BCUT2D eigenvalue weighted by atomic mass is 10.2. The first-order valence-electron chi connectivity index (χ1n) is 10.9. The predicted octanol–water partition coefficient (Wildman–Crippen LogP) is 3.36. The monoisotopic (exact) mass is 481 g/mol. The van der Waals surface area contributed by atoms with E-state index in [0.717, 1.165) is 34.1 Å². The fourth-order valence-electron chi connectivity index (χ4n) is 3.22. The number of methoxy groups -OCH3 is 1. The van der Waals surface area contributed by atoms with Gasteiger partial charge in [0.2, 0.25) is 0 Å². The van der Waals surface area contributed by atoms with Crippen LogP contribution in [0.1, 0.15) is 11.1 Å². The summed E-state index contributed by atoms with van der Waals surface area (Å²) in [5.41, 5.74) is 2.23. The zero-order valence-electron chi connectivity index (χ0n) is 19.2. The van der Waals surface area contributed by atoms with Crippen LogP contribution >= 0.6 is 0 Å². The Balaban J connectivity index is 0.000000509. The molecule has 0 radical (unpaired) electrons. The third kappa shape index (κ3) is 7.94. The van der Waals surface area contributed by atoms with Crippen LogP contribution in [0.2, 0.25) is 0 Å². The molecule has 9 heteroatoms. The second kappa shape index (κ2) is 12.9. The number of rotatable bonds is 8. The smallest absolute Gasteiger partial charge is 0.414 e. The summed E-state index contributed by atoms with van der Waals surface area (Å²) in [6.07, 6.45) is -0.0167. The number of nitrogens with one attached hydrogen (secondary N) is 1. The molecule has 0 amide bonds. The van der Waals surface area contributed by atoms with Crippen molar-refractivity contribution in [3.8, 4) is 23.0 Å². The van der Waals surface area contributed by atoms with E-state index in [4.69, 9.17) is 38.7 Å². The summed E-state index contributed by atoms with van der Waals surface area (Å²) in [5, 5.41) is 18.2. The van der Waals surface area contributed by atoms with Crippen molar-refractivity contribution in [1.29, 1.82) is 0 Å². The summed E-state index contributed by atoms with van der Waals surface area (Å²) in [5.74, 6) is -0.581. The molecule has 1 unspecified atom stereocenters. The van der Waals surface area contributed by atoms with E-state index in [1.54, 1.807) is 7.11 Å². The lowest BCUT2D eigenvalue weighted by molar-refractivity contribution is -0.159. The van der Waals surface area contributed by atoms with Gasteiger partial charge in [-0.3, -0.25) is 0 Å². The normalized spacial score (nSPS) is 13.7. The largest absolute Gasteiger partial charge is 0.493 e. The van der Waals surface area contributed by atoms with Crippen LogP contribution in [0, 0.1) is 0 Å². The van der Waals surface area contributed by atoms with Gasteiger partial charge in [0.1, 0.15) is 19.3 Å². The molecular formula is C26H27NO8. The standard InChI is InChI=1S/C24H25NO4.C2H2O4/c1-26-21-12-11-19(13-24(21)27-16-18-7-3-2-4-8-18)14-25-15-20-17-28-22-9-5-6-10-23(22)29-20;3-1(4)2(5)6/h2-13,20,25H,14-17H2,1H3;(H,3,4)(H,5,6). The lowest BCUT2D eigenvalue weighted by Gasteiger charge is -2.26. The lowest BCUT2D eigenvalue weighted by Crippen LogP contribution is -2.38. The maximum atomic E-state index is 9.10. The minimum absolute atomic E-state index is 0.0167. The molecule has 35 heavy (non-hydrogen) atoms. The third-order valence-corrected chi connectivity index (χ3v) is 4.92. The number of benzene rings is 3. The van der Waals surface area contributed by atoms with E-state index in [0.29, 0.717) is 26.3 Å². The SMILES string of the molecule is COc1ccc(CNCC2COc3ccccc3O2)cc1OCc1ccccc1.O=C(O)C(=O)O. The molecule has 3 aromatic carbocycles. The Labute approximate surface area is 202 Å². The number of carboxylic acids is 2. The third-order valence-electron chi connectivity index (χ3n) is 4.92. The molecule has 0 saturated heterocycles. The number of para-hydroxylation sites is 2. The van der Waals surface area contributed by atoms with Crippen molar-refractivity contribution in [2.75, 3.05) is 20.3 Å². The summed E-state index contributed by atoms with van der Waals surface area (Å²) in [6.45, 7) is 2.44. The van der Waals surface area contributed by atoms with Gasteiger partial charge in [0.05, 0.1) is 7.11 Å². The minimum atomic E-state index is -1.82. The molecule has 0 bridgehead atoms. The Bertz CT molecular complexity index is 1110. The Morgan fingerprint density at radius 3 is 2.29 bits per heavy atom. The topological polar surface area (TPSA) is 124 Å². The van der Waals surface area contributed by atoms with Crippen molar-refractivity contribution in [2.24, 2.45) is 0 Å². The molecule has 0 saturated carbocycles. The molecule has 3 N–H and O–H groups in total. The van der Waals surface area contributed by atoms with Crippen molar-refractivity contribution in [1.82, 2.24) is 5.32 Å². The van der Waals surface area contributed by atoms with Gasteiger partial charge in [-0.05, 0) is 35.4 Å². The van der Waals surface area contributed by atoms with Gasteiger partial charge < -0.3 is 34.5 Å². The van der Waals surface area contributed by atoms with Gasteiger partial charge >= 0.3 is 11.9 Å². The molecule has 1 atom stereocenters. The van der Waals surface area contributed by atoms with Gasteiger partial charge in [-0.25, -0.2) is 9.59 Å². The summed E-state index contributed by atoms with van der Waals surface area (Å²) in [6, 6.07) is 23.8. The van der Waals surface area contributed by atoms with Crippen molar-refractivity contribution in [3.05, 3.63) is 83.9 Å². The van der Waals surface area contributed by atoms with E-state index >= 15 is 0 Å². The number of ether oxygens (including phenoxy) is 4. The van der Waals surface area contributed by atoms with Crippen LogP contribution in [0.5, 0.6) is 23.0 Å². The maximum Gasteiger partial charge on any atom is 0.414 e. The van der Waals surface area contributed by atoms with Crippen molar-refractivity contribution < 1.29 is 38.7 Å².